The Morgan fingerprint density at radius 2 is 1.87 bits per heavy atom. The Morgan fingerprint density at radius 3 is 2.57 bits per heavy atom. The SMILES string of the molecule is COc1ccc(/C=N/OC[C@@H](CC(=O)OC(C)(C)C)c2ccc3c(c2)OCO3)cc1. The number of fused-ring (bicyclic) bond motifs is 1. The van der Waals surface area contributed by atoms with Gasteiger partial charge in [-0.1, -0.05) is 11.2 Å². The minimum atomic E-state index is -0.552. The summed E-state index contributed by atoms with van der Waals surface area (Å²) in [4.78, 5) is 17.9. The van der Waals surface area contributed by atoms with E-state index in [2.05, 4.69) is 5.16 Å². The molecule has 0 bridgehead atoms. The number of carbonyl (C=O) groups excluding carboxylic acids is 1. The van der Waals surface area contributed by atoms with Crippen LogP contribution in [-0.4, -0.2) is 38.3 Å². The number of hydrogen-bond donors (Lipinski definition) is 0. The lowest BCUT2D eigenvalue weighted by Gasteiger charge is -2.22. The van der Waals surface area contributed by atoms with Gasteiger partial charge in [0.05, 0.1) is 19.7 Å². The Morgan fingerprint density at radius 1 is 1.13 bits per heavy atom. The van der Waals surface area contributed by atoms with Crippen molar-refractivity contribution < 1.29 is 28.6 Å². The summed E-state index contributed by atoms with van der Waals surface area (Å²) in [7, 11) is 1.62. The van der Waals surface area contributed by atoms with Crippen LogP contribution in [-0.2, 0) is 14.4 Å². The molecule has 2 aromatic rings. The highest BCUT2D eigenvalue weighted by Gasteiger charge is 2.24. The van der Waals surface area contributed by atoms with E-state index >= 15 is 0 Å². The number of oxime groups is 1. The summed E-state index contributed by atoms with van der Waals surface area (Å²) in [5.41, 5.74) is 1.22. The first-order chi connectivity index (χ1) is 14.3. The van der Waals surface area contributed by atoms with Gasteiger partial charge in [-0.25, -0.2) is 0 Å². The second-order valence-corrected chi connectivity index (χ2v) is 7.90. The number of hydrogen-bond acceptors (Lipinski definition) is 7. The normalized spacial score (nSPS) is 13.9. The molecule has 3 rings (SSSR count). The van der Waals surface area contributed by atoms with Crippen molar-refractivity contribution in [1.29, 1.82) is 0 Å². The Labute approximate surface area is 176 Å². The summed E-state index contributed by atoms with van der Waals surface area (Å²) < 4.78 is 21.4. The van der Waals surface area contributed by atoms with E-state index in [1.165, 1.54) is 0 Å². The summed E-state index contributed by atoms with van der Waals surface area (Å²) in [6, 6.07) is 13.1. The highest BCUT2D eigenvalue weighted by molar-refractivity contribution is 5.79. The molecule has 7 nitrogen and oxygen atoms in total. The van der Waals surface area contributed by atoms with Crippen molar-refractivity contribution in [3.05, 3.63) is 53.6 Å². The number of esters is 1. The number of carbonyl (C=O) groups is 1. The molecule has 0 unspecified atom stereocenters. The minimum absolute atomic E-state index is 0.162. The van der Waals surface area contributed by atoms with Crippen molar-refractivity contribution in [2.24, 2.45) is 5.16 Å². The van der Waals surface area contributed by atoms with E-state index < -0.39 is 5.60 Å². The van der Waals surface area contributed by atoms with Crippen LogP contribution in [0.5, 0.6) is 17.2 Å². The van der Waals surface area contributed by atoms with Crippen LogP contribution in [0.25, 0.3) is 0 Å². The standard InChI is InChI=1S/C23H27NO6/c1-23(2,3)30-22(25)12-18(17-7-10-20-21(11-17)28-15-27-20)14-29-24-13-16-5-8-19(26-4)9-6-16/h5-11,13,18H,12,14-15H2,1-4H3/b24-13+/t18-/m1/s1. The number of rotatable bonds is 8. The lowest BCUT2D eigenvalue weighted by atomic mass is 9.96. The van der Waals surface area contributed by atoms with Crippen LogP contribution < -0.4 is 14.2 Å². The fraction of sp³-hybridized carbons (Fsp3) is 0.391. The van der Waals surface area contributed by atoms with Crippen LogP contribution in [0.1, 0.15) is 44.2 Å². The second-order valence-electron chi connectivity index (χ2n) is 7.90. The number of methoxy groups -OCH3 is 1. The summed E-state index contributed by atoms with van der Waals surface area (Å²) in [6.45, 7) is 5.94. The topological polar surface area (TPSA) is 75.6 Å². The van der Waals surface area contributed by atoms with Crippen molar-refractivity contribution in [3.63, 3.8) is 0 Å². The van der Waals surface area contributed by atoms with E-state index in [-0.39, 0.29) is 31.7 Å². The Hall–Kier alpha value is -3.22. The van der Waals surface area contributed by atoms with Crippen molar-refractivity contribution in [2.45, 2.75) is 38.7 Å². The molecule has 1 heterocycles. The van der Waals surface area contributed by atoms with Crippen LogP contribution in [0.2, 0.25) is 0 Å². The zero-order valence-corrected chi connectivity index (χ0v) is 17.7. The summed E-state index contributed by atoms with van der Waals surface area (Å²) in [5, 5.41) is 4.04. The van der Waals surface area contributed by atoms with Crippen molar-refractivity contribution in [1.82, 2.24) is 0 Å². The molecule has 7 heteroatoms. The largest absolute Gasteiger partial charge is 0.497 e. The molecule has 0 radical (unpaired) electrons. The molecule has 0 aromatic heterocycles. The maximum atomic E-state index is 12.4. The van der Waals surface area contributed by atoms with Gasteiger partial charge in [-0.05, 0) is 68.3 Å². The van der Waals surface area contributed by atoms with Gasteiger partial charge < -0.3 is 23.8 Å². The predicted octanol–water partition coefficient (Wildman–Crippen LogP) is 4.29. The molecular weight excluding hydrogens is 386 g/mol. The predicted molar refractivity (Wildman–Crippen MR) is 112 cm³/mol. The summed E-state index contributed by atoms with van der Waals surface area (Å²) >= 11 is 0. The zero-order chi connectivity index (χ0) is 21.6. The van der Waals surface area contributed by atoms with Crippen LogP contribution in [0, 0.1) is 0 Å². The van der Waals surface area contributed by atoms with Crippen LogP contribution in [0.4, 0.5) is 0 Å². The maximum Gasteiger partial charge on any atom is 0.307 e. The van der Waals surface area contributed by atoms with Gasteiger partial charge in [0.25, 0.3) is 0 Å². The first-order valence-corrected chi connectivity index (χ1v) is 9.75. The highest BCUT2D eigenvalue weighted by atomic mass is 16.7. The van der Waals surface area contributed by atoms with Crippen LogP contribution in [0.15, 0.2) is 47.6 Å². The average Bonchev–Trinajstić information content (AvgIpc) is 3.17. The monoisotopic (exact) mass is 413 g/mol. The molecule has 1 atom stereocenters. The third-order valence-electron chi connectivity index (χ3n) is 4.37. The molecule has 0 saturated carbocycles. The second kappa shape index (κ2) is 9.52. The van der Waals surface area contributed by atoms with Gasteiger partial charge in [0.15, 0.2) is 11.5 Å². The smallest absolute Gasteiger partial charge is 0.307 e. The van der Waals surface area contributed by atoms with Crippen molar-refractivity contribution in [2.75, 3.05) is 20.5 Å². The third kappa shape index (κ3) is 6.14. The maximum absolute atomic E-state index is 12.4. The average molecular weight is 413 g/mol. The quantitative estimate of drug-likeness (QED) is 0.365. The van der Waals surface area contributed by atoms with Gasteiger partial charge in [-0.15, -0.1) is 0 Å². The zero-order valence-electron chi connectivity index (χ0n) is 17.7. The van der Waals surface area contributed by atoms with Crippen molar-refractivity contribution in [3.8, 4) is 17.2 Å². The molecule has 1 aliphatic rings. The van der Waals surface area contributed by atoms with E-state index in [0.29, 0.717) is 11.5 Å². The Bertz CT molecular complexity index is 886. The summed E-state index contributed by atoms with van der Waals surface area (Å²) in [5.74, 6) is 1.57. The lowest BCUT2D eigenvalue weighted by Crippen LogP contribution is -2.25. The highest BCUT2D eigenvalue weighted by Crippen LogP contribution is 2.35. The van der Waals surface area contributed by atoms with E-state index in [1.54, 1.807) is 13.3 Å². The number of nitrogens with zero attached hydrogens (tertiary/aromatic N) is 1. The van der Waals surface area contributed by atoms with Crippen LogP contribution in [0.3, 0.4) is 0 Å². The molecule has 0 N–H and O–H groups in total. The number of benzene rings is 2. The molecule has 2 aromatic carbocycles. The van der Waals surface area contributed by atoms with E-state index in [4.69, 9.17) is 23.8 Å². The molecular formula is C23H27NO6. The fourth-order valence-electron chi connectivity index (χ4n) is 2.95. The third-order valence-corrected chi connectivity index (χ3v) is 4.37. The molecule has 0 fully saturated rings. The van der Waals surface area contributed by atoms with Gasteiger partial charge in [0, 0.05) is 5.92 Å². The van der Waals surface area contributed by atoms with Gasteiger partial charge >= 0.3 is 5.97 Å². The first-order valence-electron chi connectivity index (χ1n) is 9.75. The lowest BCUT2D eigenvalue weighted by molar-refractivity contribution is -0.155. The molecule has 0 aliphatic carbocycles. The van der Waals surface area contributed by atoms with Gasteiger partial charge in [-0.3, -0.25) is 4.79 Å². The van der Waals surface area contributed by atoms with Gasteiger partial charge in [0.2, 0.25) is 6.79 Å². The molecule has 0 amide bonds. The fourth-order valence-corrected chi connectivity index (χ4v) is 2.95. The first kappa shape index (κ1) is 21.5. The molecule has 0 spiro atoms. The summed E-state index contributed by atoms with van der Waals surface area (Å²) in [6.07, 6.45) is 1.78. The Balaban J connectivity index is 1.67. The molecule has 160 valence electrons. The van der Waals surface area contributed by atoms with E-state index in [0.717, 1.165) is 16.9 Å². The van der Waals surface area contributed by atoms with Crippen molar-refractivity contribution >= 4 is 12.2 Å². The number of ether oxygens (including phenoxy) is 4. The van der Waals surface area contributed by atoms with Crippen LogP contribution >= 0.6 is 0 Å². The van der Waals surface area contributed by atoms with E-state index in [9.17, 15) is 4.79 Å². The molecule has 30 heavy (non-hydrogen) atoms. The minimum Gasteiger partial charge on any atom is -0.497 e. The molecule has 0 saturated heterocycles. The van der Waals surface area contributed by atoms with Gasteiger partial charge in [-0.2, -0.15) is 0 Å². The van der Waals surface area contributed by atoms with E-state index in [1.807, 2.05) is 63.2 Å². The van der Waals surface area contributed by atoms with Gasteiger partial charge in [0.1, 0.15) is 18.0 Å². The molecule has 1 aliphatic heterocycles. The Kier molecular flexibility index (Phi) is 6.82.